The largest absolute Gasteiger partial charge is 0.340 e. The first-order valence-electron chi connectivity index (χ1n) is 11.9. The number of halogens is 2. The summed E-state index contributed by atoms with van der Waals surface area (Å²) in [6.45, 7) is 8.40. The van der Waals surface area contributed by atoms with Gasteiger partial charge in [-0.1, -0.05) is 27.5 Å². The molecule has 0 radical (unpaired) electrons. The highest BCUT2D eigenvalue weighted by Gasteiger charge is 2.26. The second-order valence-corrected chi connectivity index (χ2v) is 10.6. The third-order valence-electron chi connectivity index (χ3n) is 7.31. The van der Waals surface area contributed by atoms with Crippen LogP contribution < -0.4 is 0 Å². The second-order valence-electron chi connectivity index (χ2n) is 9.35. The molecule has 1 saturated carbocycles. The highest BCUT2D eigenvalue weighted by atomic mass is 79.9. The predicted octanol–water partition coefficient (Wildman–Crippen LogP) is 6.56. The van der Waals surface area contributed by atoms with Gasteiger partial charge in [-0.3, -0.25) is 4.79 Å². The summed E-state index contributed by atoms with van der Waals surface area (Å²) in [4.78, 5) is 16.5. The van der Waals surface area contributed by atoms with E-state index < -0.39 is 0 Å². The molecule has 1 amide bonds. The van der Waals surface area contributed by atoms with Gasteiger partial charge in [-0.05, 0) is 120 Å². The zero-order valence-electron chi connectivity index (χ0n) is 18.7. The van der Waals surface area contributed by atoms with Crippen LogP contribution in [-0.4, -0.2) is 47.9 Å². The lowest BCUT2D eigenvalue weighted by Crippen LogP contribution is -2.41. The van der Waals surface area contributed by atoms with Crippen LogP contribution in [0.25, 0.3) is 0 Å². The van der Waals surface area contributed by atoms with E-state index in [9.17, 15) is 4.79 Å². The van der Waals surface area contributed by atoms with Crippen LogP contribution >= 0.6 is 27.5 Å². The van der Waals surface area contributed by atoms with Crippen LogP contribution in [0.3, 0.4) is 0 Å². The first-order chi connectivity index (χ1) is 14.5. The molecule has 1 aromatic rings. The minimum atomic E-state index is 0.243. The van der Waals surface area contributed by atoms with Crippen molar-refractivity contribution in [2.75, 3.05) is 26.2 Å². The fourth-order valence-electron chi connectivity index (χ4n) is 5.51. The Morgan fingerprint density at radius 3 is 2.47 bits per heavy atom. The molecule has 1 heterocycles. The highest BCUT2D eigenvalue weighted by Crippen LogP contribution is 2.31. The number of hydrogen-bond donors (Lipinski definition) is 0. The van der Waals surface area contributed by atoms with Crippen molar-refractivity contribution in [3.05, 3.63) is 33.3 Å². The number of likely N-dealkylation sites (tertiary alicyclic amines) is 1. The number of amides is 1. The zero-order valence-corrected chi connectivity index (χ0v) is 21.1. The van der Waals surface area contributed by atoms with Crippen LogP contribution in [0, 0.1) is 11.8 Å². The van der Waals surface area contributed by atoms with Gasteiger partial charge in [-0.15, -0.1) is 0 Å². The fourth-order valence-corrected chi connectivity index (χ4v) is 6.11. The van der Waals surface area contributed by atoms with E-state index in [1.807, 2.05) is 6.07 Å². The normalized spacial score (nSPS) is 23.5. The Kier molecular flexibility index (Phi) is 9.53. The van der Waals surface area contributed by atoms with Gasteiger partial charge in [0.1, 0.15) is 0 Å². The van der Waals surface area contributed by atoms with Gasteiger partial charge in [0, 0.05) is 29.0 Å². The van der Waals surface area contributed by atoms with E-state index in [1.54, 1.807) is 6.92 Å². The molecule has 168 valence electrons. The average molecular weight is 498 g/mol. The maximum Gasteiger partial charge on any atom is 0.219 e. The Bertz CT molecular complexity index is 682. The fraction of sp³-hybridized carbons (Fsp3) is 0.720. The molecule has 3 rings (SSSR count). The van der Waals surface area contributed by atoms with Crippen LogP contribution in [0.1, 0.15) is 70.8 Å². The van der Waals surface area contributed by atoms with Crippen LogP contribution in [0.2, 0.25) is 5.02 Å². The summed E-state index contributed by atoms with van der Waals surface area (Å²) in [5.74, 6) is 1.88. The Balaban J connectivity index is 1.31. The summed E-state index contributed by atoms with van der Waals surface area (Å²) >= 11 is 9.85. The molecule has 1 saturated heterocycles. The lowest BCUT2D eigenvalue weighted by Gasteiger charge is -2.36. The lowest BCUT2D eigenvalue weighted by molar-refractivity contribution is -0.131. The van der Waals surface area contributed by atoms with E-state index in [2.05, 4.69) is 44.8 Å². The second kappa shape index (κ2) is 11.9. The molecule has 0 unspecified atom stereocenters. The molecule has 0 atom stereocenters. The average Bonchev–Trinajstić information content (AvgIpc) is 2.73. The summed E-state index contributed by atoms with van der Waals surface area (Å²) in [5, 5.41) is 0.836. The van der Waals surface area contributed by atoms with Crippen molar-refractivity contribution in [3.8, 4) is 0 Å². The number of nitrogens with zero attached hydrogens (tertiary/aromatic N) is 2. The summed E-state index contributed by atoms with van der Waals surface area (Å²) in [5.41, 5.74) is 1.35. The smallest absolute Gasteiger partial charge is 0.219 e. The first kappa shape index (κ1) is 24.1. The van der Waals surface area contributed by atoms with Gasteiger partial charge in [0.2, 0.25) is 5.91 Å². The number of carbonyl (C=O) groups excluding carboxylic acids is 1. The molecule has 1 aliphatic carbocycles. The van der Waals surface area contributed by atoms with Gasteiger partial charge < -0.3 is 9.80 Å². The molecule has 0 aromatic heterocycles. The van der Waals surface area contributed by atoms with E-state index in [0.29, 0.717) is 6.04 Å². The summed E-state index contributed by atoms with van der Waals surface area (Å²) < 4.78 is 1.19. The van der Waals surface area contributed by atoms with Gasteiger partial charge in [0.05, 0.1) is 0 Å². The van der Waals surface area contributed by atoms with Crippen molar-refractivity contribution in [2.45, 2.75) is 77.7 Å². The van der Waals surface area contributed by atoms with E-state index in [-0.39, 0.29) is 5.91 Å². The number of carbonyl (C=O) groups is 1. The molecule has 0 N–H and O–H groups in total. The molecule has 3 nitrogen and oxygen atoms in total. The van der Waals surface area contributed by atoms with Gasteiger partial charge in [-0.2, -0.15) is 0 Å². The van der Waals surface area contributed by atoms with E-state index >= 15 is 0 Å². The Hall–Kier alpha value is -0.580. The van der Waals surface area contributed by atoms with Crippen molar-refractivity contribution < 1.29 is 4.79 Å². The molecule has 30 heavy (non-hydrogen) atoms. The third-order valence-corrected chi connectivity index (χ3v) is 8.32. The molecule has 1 aromatic carbocycles. The van der Waals surface area contributed by atoms with Crippen molar-refractivity contribution in [1.29, 1.82) is 0 Å². The maximum atomic E-state index is 11.8. The monoisotopic (exact) mass is 496 g/mol. The number of hydrogen-bond acceptors (Lipinski definition) is 2. The van der Waals surface area contributed by atoms with Gasteiger partial charge in [-0.25, -0.2) is 0 Å². The van der Waals surface area contributed by atoms with Crippen LogP contribution in [-0.2, 0) is 11.2 Å². The molecule has 0 spiro atoms. The molecule has 2 aliphatic rings. The topological polar surface area (TPSA) is 23.6 Å². The SMILES string of the molecule is CCN(C(C)=O)C1CCC(CCCN2CCC(Cc3cc(Cl)ccc3Br)CC2)CC1. The van der Waals surface area contributed by atoms with Crippen LogP contribution in [0.15, 0.2) is 22.7 Å². The third kappa shape index (κ3) is 6.97. The number of piperidine rings is 1. The summed E-state index contributed by atoms with van der Waals surface area (Å²) in [7, 11) is 0. The zero-order chi connectivity index (χ0) is 21.5. The van der Waals surface area contributed by atoms with Gasteiger partial charge in [0.25, 0.3) is 0 Å². The molecular weight excluding hydrogens is 460 g/mol. The quantitative estimate of drug-likeness (QED) is 0.406. The van der Waals surface area contributed by atoms with E-state index in [1.165, 1.54) is 81.0 Å². The summed E-state index contributed by atoms with van der Waals surface area (Å²) in [6.07, 6.45) is 11.4. The van der Waals surface area contributed by atoms with Crippen molar-refractivity contribution >= 4 is 33.4 Å². The van der Waals surface area contributed by atoms with Crippen molar-refractivity contribution in [2.24, 2.45) is 11.8 Å². The molecule has 2 fully saturated rings. The summed E-state index contributed by atoms with van der Waals surface area (Å²) in [6, 6.07) is 6.62. The van der Waals surface area contributed by atoms with E-state index in [4.69, 9.17) is 11.6 Å². The Labute approximate surface area is 196 Å². The lowest BCUT2D eigenvalue weighted by atomic mass is 9.82. The minimum Gasteiger partial charge on any atom is -0.340 e. The van der Waals surface area contributed by atoms with Crippen molar-refractivity contribution in [3.63, 3.8) is 0 Å². The minimum absolute atomic E-state index is 0.243. The highest BCUT2D eigenvalue weighted by molar-refractivity contribution is 9.10. The van der Waals surface area contributed by atoms with Crippen molar-refractivity contribution in [1.82, 2.24) is 9.80 Å². The van der Waals surface area contributed by atoms with Crippen LogP contribution in [0.4, 0.5) is 0 Å². The Morgan fingerprint density at radius 1 is 1.13 bits per heavy atom. The molecule has 0 bridgehead atoms. The van der Waals surface area contributed by atoms with E-state index in [0.717, 1.165) is 29.8 Å². The van der Waals surface area contributed by atoms with Gasteiger partial charge >= 0.3 is 0 Å². The Morgan fingerprint density at radius 2 is 1.83 bits per heavy atom. The van der Waals surface area contributed by atoms with Crippen LogP contribution in [0.5, 0.6) is 0 Å². The molecule has 5 heteroatoms. The first-order valence-corrected chi connectivity index (χ1v) is 13.1. The number of benzene rings is 1. The van der Waals surface area contributed by atoms with Gasteiger partial charge in [0.15, 0.2) is 0 Å². The number of rotatable bonds is 8. The predicted molar refractivity (Wildman–Crippen MR) is 130 cm³/mol. The molecule has 1 aliphatic heterocycles. The standard InChI is InChI=1S/C25H38BrClN2O/c1-3-29(19(2)30)24-9-6-20(7-10-24)5-4-14-28-15-12-21(13-16-28)17-22-18-23(27)8-11-25(22)26/h8,11,18,20-21,24H,3-7,9-10,12-17H2,1-2H3. The molecular formula is C25H38BrClN2O. The maximum absolute atomic E-state index is 11.8.